The standard InChI is InChI=1S/C17H20O3/c1-16-9-8-13(10-14(16)18)17(16,2)11-20-15(19)12-6-4-3-5-7-12/h3-7,13H,8-11H2,1-2H3. The van der Waals surface area contributed by atoms with E-state index in [1.807, 2.05) is 25.1 Å². The number of hydrogen-bond donors (Lipinski definition) is 0. The van der Waals surface area contributed by atoms with E-state index >= 15 is 0 Å². The van der Waals surface area contributed by atoms with Gasteiger partial charge in [-0.1, -0.05) is 32.0 Å². The van der Waals surface area contributed by atoms with Gasteiger partial charge in [0, 0.05) is 17.3 Å². The zero-order valence-corrected chi connectivity index (χ0v) is 12.0. The van der Waals surface area contributed by atoms with Crippen molar-refractivity contribution < 1.29 is 14.3 Å². The first kappa shape index (κ1) is 13.3. The number of fused-ring (bicyclic) bond motifs is 2. The normalized spacial score (nSPS) is 35.3. The van der Waals surface area contributed by atoms with E-state index in [4.69, 9.17) is 4.74 Å². The molecule has 0 amide bonds. The summed E-state index contributed by atoms with van der Waals surface area (Å²) in [5.41, 5.74) is 0.0568. The molecule has 0 radical (unpaired) electrons. The summed E-state index contributed by atoms with van der Waals surface area (Å²) in [6, 6.07) is 9.02. The Bertz CT molecular complexity index is 551. The number of carbonyl (C=O) groups excluding carboxylic acids is 2. The number of ketones is 1. The molecule has 106 valence electrons. The molecular formula is C17H20O3. The molecule has 2 bridgehead atoms. The summed E-state index contributed by atoms with van der Waals surface area (Å²) in [7, 11) is 0. The summed E-state index contributed by atoms with van der Waals surface area (Å²) < 4.78 is 5.52. The summed E-state index contributed by atoms with van der Waals surface area (Å²) in [5.74, 6) is 0.407. The number of esters is 1. The fourth-order valence-corrected chi connectivity index (χ4v) is 3.90. The number of carbonyl (C=O) groups is 2. The van der Waals surface area contributed by atoms with Crippen molar-refractivity contribution >= 4 is 11.8 Å². The molecule has 0 spiro atoms. The Balaban J connectivity index is 1.73. The van der Waals surface area contributed by atoms with Crippen LogP contribution in [0, 0.1) is 16.7 Å². The molecule has 2 fully saturated rings. The number of ether oxygens (including phenoxy) is 1. The van der Waals surface area contributed by atoms with Crippen LogP contribution in [0.25, 0.3) is 0 Å². The first-order valence-corrected chi connectivity index (χ1v) is 7.23. The maximum atomic E-state index is 12.1. The van der Waals surface area contributed by atoms with Gasteiger partial charge in [-0.3, -0.25) is 4.79 Å². The predicted molar refractivity (Wildman–Crippen MR) is 75.3 cm³/mol. The SMILES string of the molecule is CC12CCC(CC1=O)C2(C)COC(=O)c1ccccc1. The van der Waals surface area contributed by atoms with Gasteiger partial charge >= 0.3 is 5.97 Å². The van der Waals surface area contributed by atoms with Gasteiger partial charge in [0.15, 0.2) is 0 Å². The number of hydrogen-bond acceptors (Lipinski definition) is 3. The topological polar surface area (TPSA) is 43.4 Å². The first-order valence-electron chi connectivity index (χ1n) is 7.23. The fourth-order valence-electron chi connectivity index (χ4n) is 3.90. The van der Waals surface area contributed by atoms with Gasteiger partial charge in [0.1, 0.15) is 5.78 Å². The quantitative estimate of drug-likeness (QED) is 0.793. The van der Waals surface area contributed by atoms with Gasteiger partial charge in [-0.2, -0.15) is 0 Å². The van der Waals surface area contributed by atoms with Crippen molar-refractivity contribution in [1.82, 2.24) is 0 Å². The molecule has 0 aromatic heterocycles. The van der Waals surface area contributed by atoms with Gasteiger partial charge in [-0.25, -0.2) is 4.79 Å². The second-order valence-corrected chi connectivity index (χ2v) is 6.55. The van der Waals surface area contributed by atoms with Crippen LogP contribution in [0.1, 0.15) is 43.5 Å². The summed E-state index contributed by atoms with van der Waals surface area (Å²) in [6.07, 6.45) is 2.65. The molecule has 1 aromatic carbocycles. The number of benzene rings is 1. The van der Waals surface area contributed by atoms with Crippen molar-refractivity contribution in [3.05, 3.63) is 35.9 Å². The van der Waals surface area contributed by atoms with Crippen LogP contribution >= 0.6 is 0 Å². The lowest BCUT2D eigenvalue weighted by Crippen LogP contribution is -2.39. The third-order valence-electron chi connectivity index (χ3n) is 5.71. The second kappa shape index (κ2) is 4.44. The molecule has 3 nitrogen and oxygen atoms in total. The largest absolute Gasteiger partial charge is 0.461 e. The van der Waals surface area contributed by atoms with Crippen molar-refractivity contribution in [2.75, 3.05) is 6.61 Å². The highest BCUT2D eigenvalue weighted by atomic mass is 16.5. The Labute approximate surface area is 119 Å². The molecular weight excluding hydrogens is 252 g/mol. The Morgan fingerprint density at radius 1 is 1.30 bits per heavy atom. The van der Waals surface area contributed by atoms with E-state index < -0.39 is 0 Å². The van der Waals surface area contributed by atoms with E-state index in [2.05, 4.69) is 6.92 Å². The van der Waals surface area contributed by atoms with Crippen LogP contribution in [0.2, 0.25) is 0 Å². The lowest BCUT2D eigenvalue weighted by Gasteiger charge is -2.35. The third-order valence-corrected chi connectivity index (χ3v) is 5.71. The predicted octanol–water partition coefficient (Wildman–Crippen LogP) is 3.24. The molecule has 3 rings (SSSR count). The van der Waals surface area contributed by atoms with Crippen molar-refractivity contribution in [2.24, 2.45) is 16.7 Å². The van der Waals surface area contributed by atoms with E-state index in [1.165, 1.54) is 0 Å². The lowest BCUT2D eigenvalue weighted by molar-refractivity contribution is -0.129. The van der Waals surface area contributed by atoms with E-state index in [0.717, 1.165) is 12.8 Å². The molecule has 2 aliphatic rings. The molecule has 3 unspecified atom stereocenters. The number of rotatable bonds is 3. The van der Waals surface area contributed by atoms with Gasteiger partial charge in [0.2, 0.25) is 0 Å². The van der Waals surface area contributed by atoms with Crippen LogP contribution in [0.3, 0.4) is 0 Å². The zero-order chi connectivity index (χ0) is 14.4. The summed E-state index contributed by atoms with van der Waals surface area (Å²) in [5, 5.41) is 0. The van der Waals surface area contributed by atoms with Gasteiger partial charge < -0.3 is 4.74 Å². The Kier molecular flexibility index (Phi) is 2.96. The molecule has 0 aliphatic heterocycles. The van der Waals surface area contributed by atoms with Gasteiger partial charge in [-0.05, 0) is 30.9 Å². The Hall–Kier alpha value is -1.64. The highest BCUT2D eigenvalue weighted by molar-refractivity contribution is 5.90. The monoisotopic (exact) mass is 272 g/mol. The molecule has 0 N–H and O–H groups in total. The second-order valence-electron chi connectivity index (χ2n) is 6.55. The molecule has 0 saturated heterocycles. The van der Waals surface area contributed by atoms with Crippen LogP contribution in [-0.4, -0.2) is 18.4 Å². The lowest BCUT2D eigenvalue weighted by atomic mass is 9.69. The summed E-state index contributed by atoms with van der Waals surface area (Å²) in [4.78, 5) is 24.2. The van der Waals surface area contributed by atoms with Gasteiger partial charge in [0.05, 0.1) is 12.2 Å². The molecule has 2 aliphatic carbocycles. The molecule has 3 atom stereocenters. The van der Waals surface area contributed by atoms with E-state index in [0.29, 0.717) is 30.3 Å². The highest BCUT2D eigenvalue weighted by Gasteiger charge is 2.64. The van der Waals surface area contributed by atoms with E-state index in [9.17, 15) is 9.59 Å². The van der Waals surface area contributed by atoms with Crippen LogP contribution in [0.15, 0.2) is 30.3 Å². The van der Waals surface area contributed by atoms with Crippen molar-refractivity contribution in [2.45, 2.75) is 33.1 Å². The fraction of sp³-hybridized carbons (Fsp3) is 0.529. The summed E-state index contributed by atoms with van der Waals surface area (Å²) in [6.45, 7) is 4.49. The van der Waals surface area contributed by atoms with Crippen molar-refractivity contribution in [3.63, 3.8) is 0 Å². The molecule has 1 aromatic rings. The van der Waals surface area contributed by atoms with Crippen LogP contribution < -0.4 is 0 Å². The minimum Gasteiger partial charge on any atom is -0.461 e. The van der Waals surface area contributed by atoms with E-state index in [-0.39, 0.29) is 16.8 Å². The van der Waals surface area contributed by atoms with E-state index in [1.54, 1.807) is 12.1 Å². The number of Topliss-reactive ketones (excluding diaryl/α,β-unsaturated/α-hetero) is 1. The maximum Gasteiger partial charge on any atom is 0.338 e. The maximum absolute atomic E-state index is 12.1. The van der Waals surface area contributed by atoms with Crippen LogP contribution in [0.4, 0.5) is 0 Å². The molecule has 2 saturated carbocycles. The minimum atomic E-state index is -0.311. The average molecular weight is 272 g/mol. The highest BCUT2D eigenvalue weighted by Crippen LogP contribution is 2.63. The van der Waals surface area contributed by atoms with Gasteiger partial charge in [-0.15, -0.1) is 0 Å². The summed E-state index contributed by atoms with van der Waals surface area (Å²) >= 11 is 0. The molecule has 0 heterocycles. The smallest absolute Gasteiger partial charge is 0.338 e. The van der Waals surface area contributed by atoms with Crippen molar-refractivity contribution in [3.8, 4) is 0 Å². The molecule has 20 heavy (non-hydrogen) atoms. The average Bonchev–Trinajstić information content (AvgIpc) is 2.81. The zero-order valence-electron chi connectivity index (χ0n) is 12.0. The Morgan fingerprint density at radius 3 is 2.55 bits per heavy atom. The Morgan fingerprint density at radius 2 is 2.00 bits per heavy atom. The third kappa shape index (κ3) is 1.72. The molecule has 3 heteroatoms. The van der Waals surface area contributed by atoms with Crippen molar-refractivity contribution in [1.29, 1.82) is 0 Å². The van der Waals surface area contributed by atoms with Crippen LogP contribution in [-0.2, 0) is 9.53 Å². The first-order chi connectivity index (χ1) is 9.47. The minimum absolute atomic E-state index is 0.200. The van der Waals surface area contributed by atoms with Gasteiger partial charge in [0.25, 0.3) is 0 Å². The van der Waals surface area contributed by atoms with Crippen LogP contribution in [0.5, 0.6) is 0 Å².